The highest BCUT2D eigenvalue weighted by Crippen LogP contribution is 2.36. The molecule has 0 aliphatic heterocycles. The molecule has 4 atom stereocenters. The molecular weight excluding hydrogens is 266 g/mol. The molecule has 4 heteroatoms. The molecule has 0 radical (unpaired) electrons. The number of rotatable bonds is 5. The van der Waals surface area contributed by atoms with E-state index in [-0.39, 0.29) is 6.10 Å². The van der Waals surface area contributed by atoms with E-state index in [4.69, 9.17) is 4.74 Å². The smallest absolute Gasteiger partial charge is 0.324 e. The van der Waals surface area contributed by atoms with Crippen molar-refractivity contribution in [1.29, 1.82) is 0 Å². The number of hydrogen-bond donors (Lipinski definition) is 2. The van der Waals surface area contributed by atoms with Gasteiger partial charge in [-0.2, -0.15) is 0 Å². The quantitative estimate of drug-likeness (QED) is 0.818. The van der Waals surface area contributed by atoms with E-state index in [1.807, 2.05) is 0 Å². The Balaban J connectivity index is 1.59. The minimum atomic E-state index is -0.732. The molecule has 0 aromatic carbocycles. The maximum atomic E-state index is 11.8. The summed E-state index contributed by atoms with van der Waals surface area (Å²) < 4.78 is 6.31. The maximum Gasteiger partial charge on any atom is 0.324 e. The van der Waals surface area contributed by atoms with Crippen LogP contribution in [0.15, 0.2) is 0 Å². The second kappa shape index (κ2) is 6.25. The lowest BCUT2D eigenvalue weighted by Crippen LogP contribution is -2.57. The van der Waals surface area contributed by atoms with Gasteiger partial charge in [0.25, 0.3) is 0 Å². The van der Waals surface area contributed by atoms with Gasteiger partial charge in [0.05, 0.1) is 12.2 Å². The molecule has 0 aromatic rings. The summed E-state index contributed by atoms with van der Waals surface area (Å²) in [7, 11) is 0. The van der Waals surface area contributed by atoms with Crippen molar-refractivity contribution in [1.82, 2.24) is 5.32 Å². The molecule has 3 aliphatic rings. The third-order valence-electron chi connectivity index (χ3n) is 5.45. The van der Waals surface area contributed by atoms with Gasteiger partial charge >= 0.3 is 5.97 Å². The Hall–Kier alpha value is -0.610. The van der Waals surface area contributed by atoms with E-state index < -0.39 is 11.5 Å². The van der Waals surface area contributed by atoms with Gasteiger partial charge in [0.1, 0.15) is 5.54 Å². The average Bonchev–Trinajstić information content (AvgIpc) is 3.23. The Labute approximate surface area is 127 Å². The highest BCUT2D eigenvalue weighted by Gasteiger charge is 2.46. The standard InChI is InChI=1S/C17H29NO3/c1-12-4-2-5-14(10-12)21-15-6-3-9-17(11-15,16(19)20)18-13-7-8-13/h12-15,18H,2-11H2,1H3,(H,19,20). The van der Waals surface area contributed by atoms with Crippen LogP contribution >= 0.6 is 0 Å². The van der Waals surface area contributed by atoms with E-state index in [9.17, 15) is 9.90 Å². The van der Waals surface area contributed by atoms with E-state index in [0.717, 1.165) is 50.9 Å². The zero-order valence-electron chi connectivity index (χ0n) is 13.1. The maximum absolute atomic E-state index is 11.8. The highest BCUT2D eigenvalue weighted by molar-refractivity contribution is 5.79. The van der Waals surface area contributed by atoms with Crippen LogP contribution in [0.2, 0.25) is 0 Å². The largest absolute Gasteiger partial charge is 0.480 e. The Morgan fingerprint density at radius 2 is 1.90 bits per heavy atom. The molecule has 120 valence electrons. The first-order valence-corrected chi connectivity index (χ1v) is 8.74. The van der Waals surface area contributed by atoms with Crippen LogP contribution in [-0.2, 0) is 9.53 Å². The summed E-state index contributed by atoms with van der Waals surface area (Å²) in [5.41, 5.74) is -0.732. The third kappa shape index (κ3) is 3.78. The first kappa shape index (κ1) is 15.3. The number of nitrogens with one attached hydrogen (secondary N) is 1. The fourth-order valence-corrected chi connectivity index (χ4v) is 4.12. The predicted octanol–water partition coefficient (Wildman–Crippen LogP) is 3.10. The minimum absolute atomic E-state index is 0.122. The van der Waals surface area contributed by atoms with Crippen LogP contribution in [0.5, 0.6) is 0 Å². The number of carboxylic acids is 1. The van der Waals surface area contributed by atoms with Crippen LogP contribution in [0.25, 0.3) is 0 Å². The molecule has 3 saturated carbocycles. The van der Waals surface area contributed by atoms with Gasteiger partial charge < -0.3 is 9.84 Å². The van der Waals surface area contributed by atoms with Gasteiger partial charge in [-0.05, 0) is 50.9 Å². The van der Waals surface area contributed by atoms with Gasteiger partial charge in [-0.3, -0.25) is 10.1 Å². The summed E-state index contributed by atoms with van der Waals surface area (Å²) in [6.45, 7) is 2.30. The summed E-state index contributed by atoms with van der Waals surface area (Å²) in [5.74, 6) is 0.0703. The average molecular weight is 295 g/mol. The van der Waals surface area contributed by atoms with E-state index >= 15 is 0 Å². The van der Waals surface area contributed by atoms with Crippen LogP contribution in [0.1, 0.15) is 71.1 Å². The molecule has 0 spiro atoms. The summed E-state index contributed by atoms with van der Waals surface area (Å²) in [6, 6.07) is 0.426. The predicted molar refractivity (Wildman–Crippen MR) is 81.3 cm³/mol. The number of carboxylic acid groups (broad SMARTS) is 1. The molecule has 3 aliphatic carbocycles. The van der Waals surface area contributed by atoms with E-state index in [1.54, 1.807) is 0 Å². The number of aliphatic carboxylic acids is 1. The molecular formula is C17H29NO3. The normalized spacial score (nSPS) is 40.9. The Morgan fingerprint density at radius 3 is 2.57 bits per heavy atom. The topological polar surface area (TPSA) is 58.6 Å². The van der Waals surface area contributed by atoms with Gasteiger partial charge in [0, 0.05) is 12.5 Å². The van der Waals surface area contributed by atoms with E-state index in [1.165, 1.54) is 12.8 Å². The Bertz CT molecular complexity index is 382. The zero-order valence-corrected chi connectivity index (χ0v) is 13.1. The highest BCUT2D eigenvalue weighted by atomic mass is 16.5. The van der Waals surface area contributed by atoms with Crippen LogP contribution < -0.4 is 5.32 Å². The Kier molecular flexibility index (Phi) is 4.55. The molecule has 3 rings (SSSR count). The second-order valence-electron chi connectivity index (χ2n) is 7.55. The van der Waals surface area contributed by atoms with Crippen LogP contribution in [-0.4, -0.2) is 34.9 Å². The third-order valence-corrected chi connectivity index (χ3v) is 5.45. The number of ether oxygens (including phenoxy) is 1. The molecule has 2 N–H and O–H groups in total. The summed E-state index contributed by atoms with van der Waals surface area (Å²) in [6.07, 6.45) is 11.0. The van der Waals surface area contributed by atoms with Crippen molar-refractivity contribution < 1.29 is 14.6 Å². The SMILES string of the molecule is CC1CCCC(OC2CCCC(NC3CC3)(C(=O)O)C2)C1. The molecule has 4 unspecified atom stereocenters. The molecule has 0 heterocycles. The molecule has 3 fully saturated rings. The minimum Gasteiger partial charge on any atom is -0.480 e. The second-order valence-corrected chi connectivity index (χ2v) is 7.55. The van der Waals surface area contributed by atoms with Crippen molar-refractivity contribution in [3.8, 4) is 0 Å². The van der Waals surface area contributed by atoms with Crippen molar-refractivity contribution >= 4 is 5.97 Å². The van der Waals surface area contributed by atoms with E-state index in [0.29, 0.717) is 18.6 Å². The van der Waals surface area contributed by atoms with Crippen molar-refractivity contribution in [2.24, 2.45) is 5.92 Å². The lowest BCUT2D eigenvalue weighted by Gasteiger charge is -2.40. The lowest BCUT2D eigenvalue weighted by molar-refractivity contribution is -0.151. The molecule has 0 aromatic heterocycles. The van der Waals surface area contributed by atoms with Crippen LogP contribution in [0, 0.1) is 5.92 Å². The van der Waals surface area contributed by atoms with E-state index in [2.05, 4.69) is 12.2 Å². The Morgan fingerprint density at radius 1 is 1.14 bits per heavy atom. The summed E-state index contributed by atoms with van der Waals surface area (Å²) in [5, 5.41) is 13.1. The van der Waals surface area contributed by atoms with Crippen molar-refractivity contribution in [3.05, 3.63) is 0 Å². The van der Waals surface area contributed by atoms with Gasteiger partial charge in [0.2, 0.25) is 0 Å². The van der Waals surface area contributed by atoms with Crippen molar-refractivity contribution in [2.75, 3.05) is 0 Å². The zero-order chi connectivity index (χ0) is 14.9. The monoisotopic (exact) mass is 295 g/mol. The first-order valence-electron chi connectivity index (χ1n) is 8.74. The van der Waals surface area contributed by atoms with Gasteiger partial charge in [-0.15, -0.1) is 0 Å². The summed E-state index contributed by atoms with van der Waals surface area (Å²) in [4.78, 5) is 11.8. The van der Waals surface area contributed by atoms with Crippen molar-refractivity contribution in [2.45, 2.75) is 94.9 Å². The molecule has 4 nitrogen and oxygen atoms in total. The van der Waals surface area contributed by atoms with Crippen LogP contribution in [0.4, 0.5) is 0 Å². The number of carbonyl (C=O) groups is 1. The first-order chi connectivity index (χ1) is 10.1. The van der Waals surface area contributed by atoms with Gasteiger partial charge in [-0.1, -0.05) is 19.8 Å². The molecule has 0 amide bonds. The fraction of sp³-hybridized carbons (Fsp3) is 0.941. The molecule has 0 saturated heterocycles. The number of hydrogen-bond acceptors (Lipinski definition) is 3. The summed E-state index contributed by atoms with van der Waals surface area (Å²) >= 11 is 0. The van der Waals surface area contributed by atoms with Crippen LogP contribution in [0.3, 0.4) is 0 Å². The van der Waals surface area contributed by atoms with Gasteiger partial charge in [0.15, 0.2) is 0 Å². The lowest BCUT2D eigenvalue weighted by atomic mass is 9.79. The van der Waals surface area contributed by atoms with Crippen molar-refractivity contribution in [3.63, 3.8) is 0 Å². The van der Waals surface area contributed by atoms with Gasteiger partial charge in [-0.25, -0.2) is 0 Å². The fourth-order valence-electron chi connectivity index (χ4n) is 4.12. The molecule has 0 bridgehead atoms. The molecule has 21 heavy (non-hydrogen) atoms.